The van der Waals surface area contributed by atoms with Gasteiger partial charge in [-0.15, -0.1) is 5.11 Å². The molecule has 1 unspecified atom stereocenters. The number of carbonyl (C=O) groups is 2. The van der Waals surface area contributed by atoms with Crippen molar-refractivity contribution in [3.63, 3.8) is 0 Å². The van der Waals surface area contributed by atoms with Gasteiger partial charge in [0.05, 0.1) is 53.1 Å². The molecule has 0 aliphatic heterocycles. The van der Waals surface area contributed by atoms with Crippen molar-refractivity contribution < 1.29 is 28.7 Å². The number of hydrogen-bond donors (Lipinski definition) is 0. The third-order valence-electron chi connectivity index (χ3n) is 12.2. The van der Waals surface area contributed by atoms with Gasteiger partial charge < -0.3 is 19.1 Å². The number of carbonyl (C=O) groups excluding carboxylic acids is 2. The molecule has 0 amide bonds. The standard InChI is InChI=1S/C52H78N6O7/c1-9-12-13-14-15-16-17-18-19-20-21-22-23-24-25-26-36-64-49(59)51(5,6)40-52(7,10-2)50(60)65-37-35-57(11-3)44-31-27-42(28-32-44)53-55-46-39-48(63-8)47(38-41(46)4)56-54-43-29-33-45(34-30-43)58(61)62/h27-34,38-39H,9-26,35-37,40H2,1-8H3/b55-53+,56-54+. The van der Waals surface area contributed by atoms with E-state index in [1.165, 1.54) is 121 Å². The summed E-state index contributed by atoms with van der Waals surface area (Å²) in [5, 5.41) is 28.3. The predicted molar refractivity (Wildman–Crippen MR) is 262 cm³/mol. The fraction of sp³-hybridized carbons (Fsp3) is 0.615. The van der Waals surface area contributed by atoms with Crippen molar-refractivity contribution in [2.75, 3.05) is 38.3 Å². The van der Waals surface area contributed by atoms with Gasteiger partial charge in [-0.1, -0.05) is 110 Å². The summed E-state index contributed by atoms with van der Waals surface area (Å²) in [6.07, 6.45) is 21.6. The topological polar surface area (TPSA) is 158 Å². The van der Waals surface area contributed by atoms with E-state index in [0.29, 0.717) is 61.0 Å². The van der Waals surface area contributed by atoms with Crippen LogP contribution in [0.1, 0.15) is 163 Å². The van der Waals surface area contributed by atoms with E-state index in [-0.39, 0.29) is 24.2 Å². The Morgan fingerprint density at radius 1 is 0.646 bits per heavy atom. The van der Waals surface area contributed by atoms with Crippen molar-refractivity contribution in [3.8, 4) is 5.75 Å². The third-order valence-corrected chi connectivity index (χ3v) is 12.2. The van der Waals surface area contributed by atoms with E-state index >= 15 is 0 Å². The van der Waals surface area contributed by atoms with E-state index in [2.05, 4.69) is 32.3 Å². The summed E-state index contributed by atoms with van der Waals surface area (Å²) in [4.78, 5) is 39.3. The maximum atomic E-state index is 13.5. The molecule has 13 nitrogen and oxygen atoms in total. The molecule has 0 aliphatic carbocycles. The van der Waals surface area contributed by atoms with Gasteiger partial charge in [0.25, 0.3) is 5.69 Å². The Bertz CT molecular complexity index is 1930. The fourth-order valence-electron chi connectivity index (χ4n) is 7.90. The SMILES string of the molecule is CCCCCCCCCCCCCCCCCCOC(=O)C(C)(C)CC(C)(CC)C(=O)OCCN(CC)c1ccc(/N=N/c2cc(OC)c(/N=N/c3ccc([N+](=O)[O-])cc3)cc2C)cc1. The zero-order valence-corrected chi connectivity index (χ0v) is 40.9. The smallest absolute Gasteiger partial charge is 0.311 e. The summed E-state index contributed by atoms with van der Waals surface area (Å²) in [5.74, 6) is -0.121. The molecular weight excluding hydrogens is 821 g/mol. The third kappa shape index (κ3) is 19.4. The van der Waals surface area contributed by atoms with Gasteiger partial charge >= 0.3 is 11.9 Å². The molecule has 0 aromatic heterocycles. The van der Waals surface area contributed by atoms with Gasteiger partial charge in [-0.05, 0) is 102 Å². The summed E-state index contributed by atoms with van der Waals surface area (Å²) < 4.78 is 17.1. The Hall–Kier alpha value is -5.20. The van der Waals surface area contributed by atoms with Gasteiger partial charge in [-0.3, -0.25) is 19.7 Å². The van der Waals surface area contributed by atoms with Crippen LogP contribution >= 0.6 is 0 Å². The maximum Gasteiger partial charge on any atom is 0.311 e. The maximum absolute atomic E-state index is 13.5. The zero-order valence-electron chi connectivity index (χ0n) is 40.9. The summed E-state index contributed by atoms with van der Waals surface area (Å²) >= 11 is 0. The van der Waals surface area contributed by atoms with E-state index in [1.54, 1.807) is 12.1 Å². The number of non-ortho nitro benzene ring substituents is 1. The molecule has 0 heterocycles. The summed E-state index contributed by atoms with van der Waals surface area (Å²) in [6.45, 7) is 15.6. The van der Waals surface area contributed by atoms with Gasteiger partial charge in [-0.2, -0.15) is 15.3 Å². The molecule has 0 bridgehead atoms. The van der Waals surface area contributed by atoms with Crippen LogP contribution in [0.2, 0.25) is 0 Å². The zero-order chi connectivity index (χ0) is 47.5. The minimum atomic E-state index is -0.831. The molecule has 0 saturated heterocycles. The number of methoxy groups -OCH3 is 1. The second-order valence-corrected chi connectivity index (χ2v) is 18.1. The molecule has 3 aromatic rings. The van der Waals surface area contributed by atoms with Crippen LogP contribution in [0.25, 0.3) is 0 Å². The number of likely N-dealkylation sites (N-methyl/N-ethyl adjacent to an activating group) is 1. The van der Waals surface area contributed by atoms with Crippen LogP contribution in [-0.4, -0.2) is 50.3 Å². The van der Waals surface area contributed by atoms with E-state index in [0.717, 1.165) is 24.1 Å². The average Bonchev–Trinajstić information content (AvgIpc) is 3.30. The van der Waals surface area contributed by atoms with Gasteiger partial charge in [-0.25, -0.2) is 0 Å². The number of nitro groups is 1. The number of rotatable bonds is 33. The molecule has 0 spiro atoms. The highest BCUT2D eigenvalue weighted by Crippen LogP contribution is 2.39. The minimum absolute atomic E-state index is 0.0228. The van der Waals surface area contributed by atoms with Crippen LogP contribution in [0.3, 0.4) is 0 Å². The number of azo groups is 2. The van der Waals surface area contributed by atoms with Crippen molar-refractivity contribution in [1.82, 2.24) is 0 Å². The van der Waals surface area contributed by atoms with Crippen LogP contribution in [-0.2, 0) is 19.1 Å². The van der Waals surface area contributed by atoms with Crippen LogP contribution in [0.15, 0.2) is 81.1 Å². The summed E-state index contributed by atoms with van der Waals surface area (Å²) in [6, 6.07) is 17.0. The van der Waals surface area contributed by atoms with Crippen molar-refractivity contribution in [1.29, 1.82) is 0 Å². The molecule has 13 heteroatoms. The molecule has 3 aromatic carbocycles. The second-order valence-electron chi connectivity index (χ2n) is 18.1. The van der Waals surface area contributed by atoms with Crippen LogP contribution in [0.4, 0.5) is 34.1 Å². The van der Waals surface area contributed by atoms with Gasteiger partial charge in [0.1, 0.15) is 18.0 Å². The van der Waals surface area contributed by atoms with E-state index in [1.807, 2.05) is 65.8 Å². The second kappa shape index (κ2) is 29.4. The highest BCUT2D eigenvalue weighted by Gasteiger charge is 2.43. The van der Waals surface area contributed by atoms with Crippen molar-refractivity contribution >= 4 is 46.1 Å². The lowest BCUT2D eigenvalue weighted by molar-refractivity contribution is -0.384. The van der Waals surface area contributed by atoms with Gasteiger partial charge in [0.2, 0.25) is 0 Å². The molecule has 3 rings (SSSR count). The summed E-state index contributed by atoms with van der Waals surface area (Å²) in [5.41, 5.74) is 2.28. The number of benzene rings is 3. The summed E-state index contributed by atoms with van der Waals surface area (Å²) in [7, 11) is 1.53. The van der Waals surface area contributed by atoms with E-state index < -0.39 is 15.8 Å². The molecule has 358 valence electrons. The number of nitrogens with zero attached hydrogens (tertiary/aromatic N) is 6. The van der Waals surface area contributed by atoms with E-state index in [4.69, 9.17) is 14.2 Å². The highest BCUT2D eigenvalue weighted by molar-refractivity contribution is 5.80. The minimum Gasteiger partial charge on any atom is -0.494 e. The monoisotopic (exact) mass is 899 g/mol. The first-order valence-electron chi connectivity index (χ1n) is 24.2. The lowest BCUT2D eigenvalue weighted by Crippen LogP contribution is -2.39. The lowest BCUT2D eigenvalue weighted by Gasteiger charge is -2.34. The largest absolute Gasteiger partial charge is 0.494 e. The average molecular weight is 899 g/mol. The Kier molecular flexibility index (Phi) is 24.5. The molecule has 1 atom stereocenters. The fourth-order valence-corrected chi connectivity index (χ4v) is 7.90. The molecule has 0 radical (unpaired) electrons. The number of aryl methyl sites for hydroxylation is 1. The first-order valence-corrected chi connectivity index (χ1v) is 24.2. The molecule has 0 aliphatic rings. The first kappa shape index (κ1) is 54.1. The Labute approximate surface area is 389 Å². The van der Waals surface area contributed by atoms with Crippen molar-refractivity contribution in [2.45, 2.75) is 164 Å². The quantitative estimate of drug-likeness (QED) is 0.0192. The molecule has 65 heavy (non-hydrogen) atoms. The van der Waals surface area contributed by atoms with Gasteiger partial charge in [0, 0.05) is 30.4 Å². The number of hydrogen-bond acceptors (Lipinski definition) is 12. The molecular formula is C52H78N6O7. The van der Waals surface area contributed by atoms with Crippen molar-refractivity contribution in [3.05, 3.63) is 76.3 Å². The Balaban J connectivity index is 1.39. The lowest BCUT2D eigenvalue weighted by atomic mass is 9.72. The van der Waals surface area contributed by atoms with Gasteiger partial charge in [0.15, 0.2) is 0 Å². The number of unbranched alkanes of at least 4 members (excludes halogenated alkanes) is 15. The number of anilines is 1. The number of ether oxygens (including phenoxy) is 3. The molecule has 0 N–H and O–H groups in total. The highest BCUT2D eigenvalue weighted by atomic mass is 16.6. The molecule has 0 fully saturated rings. The van der Waals surface area contributed by atoms with Crippen molar-refractivity contribution in [2.24, 2.45) is 31.3 Å². The number of nitro benzene ring substituents is 1. The normalized spacial score (nSPS) is 12.7. The first-order chi connectivity index (χ1) is 31.3. The number of esters is 2. The Morgan fingerprint density at radius 2 is 1.14 bits per heavy atom. The van der Waals surface area contributed by atoms with Crippen LogP contribution in [0.5, 0.6) is 5.75 Å². The van der Waals surface area contributed by atoms with E-state index in [9.17, 15) is 19.7 Å². The van der Waals surface area contributed by atoms with Crippen LogP contribution < -0.4 is 9.64 Å². The molecule has 0 saturated carbocycles. The Morgan fingerprint density at radius 3 is 1.63 bits per heavy atom. The predicted octanol–water partition coefficient (Wildman–Crippen LogP) is 15.7. The van der Waals surface area contributed by atoms with Crippen LogP contribution in [0, 0.1) is 27.9 Å².